The van der Waals surface area contributed by atoms with Crippen LogP contribution in [0.4, 0.5) is 17.1 Å². The summed E-state index contributed by atoms with van der Waals surface area (Å²) < 4.78 is 2.42. The van der Waals surface area contributed by atoms with Crippen molar-refractivity contribution >= 4 is 50.9 Å². The average Bonchev–Trinajstić information content (AvgIpc) is 3.70. The minimum atomic E-state index is 0.700. The molecule has 0 fully saturated rings. The van der Waals surface area contributed by atoms with E-state index in [0.29, 0.717) is 5.82 Å². The second-order valence-corrected chi connectivity index (χ2v) is 15.4. The fourth-order valence-corrected chi connectivity index (χ4v) is 8.61. The number of nitrogens with zero attached hydrogens (tertiary/aromatic N) is 6. The first-order valence-electron chi connectivity index (χ1n) is 21.0. The van der Waals surface area contributed by atoms with Crippen LogP contribution in [-0.2, 0) is 0 Å². The third kappa shape index (κ3) is 6.93. The first-order valence-corrected chi connectivity index (χ1v) is 21.0. The predicted octanol–water partition coefficient (Wildman–Crippen LogP) is 13.9. The van der Waals surface area contributed by atoms with Gasteiger partial charge in [0.2, 0.25) is 0 Å². The molecule has 6 nitrogen and oxygen atoms in total. The number of anilines is 3. The topological polar surface area (TPSA) is 58.7 Å². The Labute approximate surface area is 360 Å². The van der Waals surface area contributed by atoms with Crippen LogP contribution in [0.5, 0.6) is 0 Å². The molecule has 0 aliphatic carbocycles. The molecule has 8 aromatic carbocycles. The maximum Gasteiger partial charge on any atom is 0.159 e. The molecule has 11 rings (SSSR count). The molecule has 0 N–H and O–H groups in total. The van der Waals surface area contributed by atoms with Crippen LogP contribution in [0.25, 0.3) is 72.3 Å². The number of hydrogen-bond donors (Lipinski definition) is 0. The Hall–Kier alpha value is -8.22. The maximum absolute atomic E-state index is 4.64. The predicted molar refractivity (Wildman–Crippen MR) is 257 cm³/mol. The standard InChI is InChI=1S/C56H40N6/c1-3-11-39(12-4-1)45-37-51(54-52(38-45)50-15-7-8-16-53(50)62(54)46-13-5-2-6-14-46)42-19-17-40(18-20-42)41-21-27-47(28-22-41)61(48-29-23-43(24-30-48)55-57-33-9-34-58-55)49-31-25-44(26-32-49)56-59-35-10-36-60-56/h1-9,11-35,37-38H,10,36H2. The molecule has 1 aliphatic rings. The van der Waals surface area contributed by atoms with Gasteiger partial charge in [0.1, 0.15) is 0 Å². The van der Waals surface area contributed by atoms with E-state index in [2.05, 4.69) is 224 Å². The number of aromatic nitrogens is 3. The molecular weight excluding hydrogens is 757 g/mol. The fourth-order valence-electron chi connectivity index (χ4n) is 8.61. The number of rotatable bonds is 9. The molecule has 0 saturated heterocycles. The van der Waals surface area contributed by atoms with Crippen molar-refractivity contribution in [1.82, 2.24) is 14.5 Å². The maximum atomic E-state index is 4.64. The normalized spacial score (nSPS) is 12.4. The van der Waals surface area contributed by atoms with Crippen molar-refractivity contribution in [3.05, 3.63) is 218 Å². The van der Waals surface area contributed by atoms with E-state index in [-0.39, 0.29) is 0 Å². The molecule has 0 radical (unpaired) electrons. The van der Waals surface area contributed by atoms with Crippen molar-refractivity contribution in [2.24, 2.45) is 9.98 Å². The van der Waals surface area contributed by atoms with Crippen molar-refractivity contribution < 1.29 is 0 Å². The highest BCUT2D eigenvalue weighted by atomic mass is 15.1. The van der Waals surface area contributed by atoms with Gasteiger partial charge in [0, 0.05) is 81.8 Å². The number of aliphatic imine (C=N–C) groups is 2. The number of amidine groups is 1. The van der Waals surface area contributed by atoms with E-state index in [1.54, 1.807) is 12.4 Å². The Bertz CT molecular complexity index is 3230. The van der Waals surface area contributed by atoms with Crippen LogP contribution < -0.4 is 4.90 Å². The molecule has 0 amide bonds. The number of hydrogen-bond acceptors (Lipinski definition) is 5. The molecule has 294 valence electrons. The summed E-state index contributed by atoms with van der Waals surface area (Å²) in [5.74, 6) is 1.48. The van der Waals surface area contributed by atoms with Crippen molar-refractivity contribution in [2.45, 2.75) is 6.42 Å². The average molecular weight is 797 g/mol. The minimum Gasteiger partial charge on any atom is -0.311 e. The zero-order valence-corrected chi connectivity index (χ0v) is 33.9. The van der Waals surface area contributed by atoms with Gasteiger partial charge in [-0.15, -0.1) is 0 Å². The van der Waals surface area contributed by atoms with Gasteiger partial charge in [-0.2, -0.15) is 0 Å². The number of benzene rings is 8. The van der Waals surface area contributed by atoms with E-state index in [1.165, 1.54) is 38.5 Å². The lowest BCUT2D eigenvalue weighted by Crippen LogP contribution is -2.11. The summed E-state index contributed by atoms with van der Waals surface area (Å²) >= 11 is 0. The lowest BCUT2D eigenvalue weighted by atomic mass is 9.94. The number of fused-ring (bicyclic) bond motifs is 3. The molecule has 0 atom stereocenters. The van der Waals surface area contributed by atoms with Gasteiger partial charge in [-0.25, -0.2) is 15.0 Å². The van der Waals surface area contributed by atoms with Crippen LogP contribution in [-0.4, -0.2) is 33.1 Å². The Morgan fingerprint density at radius 3 is 1.63 bits per heavy atom. The summed E-state index contributed by atoms with van der Waals surface area (Å²) in [7, 11) is 0. The summed E-state index contributed by atoms with van der Waals surface area (Å²) in [4.78, 5) is 20.4. The first-order chi connectivity index (χ1) is 30.7. The summed E-state index contributed by atoms with van der Waals surface area (Å²) in [5.41, 5.74) is 15.7. The van der Waals surface area contributed by atoms with Crippen molar-refractivity contribution in [3.63, 3.8) is 0 Å². The summed E-state index contributed by atoms with van der Waals surface area (Å²) in [5, 5.41) is 2.47. The monoisotopic (exact) mass is 796 g/mol. The summed E-state index contributed by atoms with van der Waals surface area (Å²) in [6.07, 6.45) is 6.37. The van der Waals surface area contributed by atoms with E-state index in [0.717, 1.165) is 69.4 Å². The van der Waals surface area contributed by atoms with Gasteiger partial charge in [-0.3, -0.25) is 4.99 Å². The van der Waals surface area contributed by atoms with E-state index in [9.17, 15) is 0 Å². The lowest BCUT2D eigenvalue weighted by molar-refractivity contribution is 1.03. The van der Waals surface area contributed by atoms with Crippen LogP contribution in [0.1, 0.15) is 12.0 Å². The highest BCUT2D eigenvalue weighted by Crippen LogP contribution is 2.42. The zero-order valence-electron chi connectivity index (χ0n) is 33.9. The SMILES string of the molecule is C1=NC(c2ccc(N(c3ccc(-c4ccc(-c5cc(-c6ccccc6)cc6c7ccccc7n(-c7ccccc7)c56)cc4)cc3)c3ccc(-c4ncccn4)cc3)cc2)=NCC1. The van der Waals surface area contributed by atoms with Gasteiger partial charge < -0.3 is 9.47 Å². The molecule has 1 aliphatic heterocycles. The second kappa shape index (κ2) is 16.1. The Morgan fingerprint density at radius 1 is 0.435 bits per heavy atom. The Kier molecular flexibility index (Phi) is 9.56. The molecule has 0 unspecified atom stereocenters. The van der Waals surface area contributed by atoms with Crippen molar-refractivity contribution in [2.75, 3.05) is 11.4 Å². The van der Waals surface area contributed by atoms with Crippen LogP contribution in [0, 0.1) is 0 Å². The van der Waals surface area contributed by atoms with Crippen LogP contribution in [0.2, 0.25) is 0 Å². The molecule has 2 aromatic heterocycles. The smallest absolute Gasteiger partial charge is 0.159 e. The molecule has 6 heteroatoms. The number of para-hydroxylation sites is 2. The van der Waals surface area contributed by atoms with Gasteiger partial charge in [-0.1, -0.05) is 103 Å². The van der Waals surface area contributed by atoms with E-state index in [4.69, 9.17) is 0 Å². The molecule has 0 bridgehead atoms. The second-order valence-electron chi connectivity index (χ2n) is 15.4. The summed E-state index contributed by atoms with van der Waals surface area (Å²) in [6.45, 7) is 0.768. The third-order valence-corrected chi connectivity index (χ3v) is 11.6. The van der Waals surface area contributed by atoms with Gasteiger partial charge in [-0.05, 0) is 125 Å². The first kappa shape index (κ1) is 36.8. The van der Waals surface area contributed by atoms with Gasteiger partial charge in [0.15, 0.2) is 11.7 Å². The third-order valence-electron chi connectivity index (χ3n) is 11.6. The van der Waals surface area contributed by atoms with Gasteiger partial charge in [0.05, 0.1) is 11.0 Å². The Morgan fingerprint density at radius 2 is 0.984 bits per heavy atom. The largest absolute Gasteiger partial charge is 0.311 e. The molecule has 0 spiro atoms. The van der Waals surface area contributed by atoms with Crippen LogP contribution in [0.3, 0.4) is 0 Å². The quantitative estimate of drug-likeness (QED) is 0.146. The van der Waals surface area contributed by atoms with E-state index in [1.807, 2.05) is 12.3 Å². The molecule has 10 aromatic rings. The zero-order chi connectivity index (χ0) is 41.2. The Balaban J connectivity index is 0.970. The van der Waals surface area contributed by atoms with Crippen molar-refractivity contribution in [1.29, 1.82) is 0 Å². The van der Waals surface area contributed by atoms with Gasteiger partial charge in [0.25, 0.3) is 0 Å². The van der Waals surface area contributed by atoms with Crippen molar-refractivity contribution in [3.8, 4) is 50.5 Å². The van der Waals surface area contributed by atoms with Gasteiger partial charge >= 0.3 is 0 Å². The fraction of sp³-hybridized carbons (Fsp3) is 0.0357. The molecule has 62 heavy (non-hydrogen) atoms. The highest BCUT2D eigenvalue weighted by Gasteiger charge is 2.19. The lowest BCUT2D eigenvalue weighted by Gasteiger charge is -2.26. The van der Waals surface area contributed by atoms with Crippen LogP contribution in [0.15, 0.2) is 223 Å². The van der Waals surface area contributed by atoms with Crippen LogP contribution >= 0.6 is 0 Å². The molecular formula is C56H40N6. The minimum absolute atomic E-state index is 0.700. The summed E-state index contributed by atoms with van der Waals surface area (Å²) in [6, 6.07) is 71.5. The van der Waals surface area contributed by atoms with E-state index < -0.39 is 0 Å². The molecule has 3 heterocycles. The molecule has 0 saturated carbocycles. The van der Waals surface area contributed by atoms with E-state index >= 15 is 0 Å². The highest BCUT2D eigenvalue weighted by molar-refractivity contribution is 6.15.